The number of carbonyl (C=O) groups excluding carboxylic acids is 2. The molecule has 11 heteroatoms. The van der Waals surface area contributed by atoms with Crippen molar-refractivity contribution >= 4 is 65.9 Å². The number of carbonyl (C=O) groups is 2. The Kier molecular flexibility index (Phi) is 8.82. The van der Waals surface area contributed by atoms with Crippen molar-refractivity contribution in [2.24, 2.45) is 0 Å². The molecule has 39 heavy (non-hydrogen) atoms. The predicted octanol–water partition coefficient (Wildman–Crippen LogP) is 5.75. The summed E-state index contributed by atoms with van der Waals surface area (Å²) in [5.41, 5.74) is 2.83. The highest BCUT2D eigenvalue weighted by molar-refractivity contribution is 9.10. The summed E-state index contributed by atoms with van der Waals surface area (Å²) in [5, 5.41) is 6.26. The molecule has 2 heterocycles. The van der Waals surface area contributed by atoms with E-state index in [1.54, 1.807) is 4.90 Å². The maximum Gasteiger partial charge on any atom is 0.326 e. The van der Waals surface area contributed by atoms with Gasteiger partial charge in [-0.15, -0.1) is 0 Å². The van der Waals surface area contributed by atoms with E-state index in [1.165, 1.54) is 29.5 Å². The highest BCUT2D eigenvalue weighted by atomic mass is 79.9. The minimum Gasteiger partial charge on any atom is -0.379 e. The van der Waals surface area contributed by atoms with E-state index >= 15 is 0 Å². The molecule has 1 aromatic heterocycles. The molecule has 1 fully saturated rings. The fourth-order valence-electron chi connectivity index (χ4n) is 4.26. The SMILES string of the molecule is O=C(Cc1ccccc1)Nc1nc2ccc(N(CCN3CCOCC3)C(=O)Nc3ccc(F)c(Br)c3)cc2s1. The summed E-state index contributed by atoms with van der Waals surface area (Å²) in [6.45, 7) is 4.06. The van der Waals surface area contributed by atoms with E-state index in [0.29, 0.717) is 42.8 Å². The number of halogens is 2. The summed E-state index contributed by atoms with van der Waals surface area (Å²) in [4.78, 5) is 34.4. The van der Waals surface area contributed by atoms with Gasteiger partial charge < -0.3 is 15.4 Å². The van der Waals surface area contributed by atoms with Gasteiger partial charge in [-0.1, -0.05) is 41.7 Å². The lowest BCUT2D eigenvalue weighted by atomic mass is 10.1. The molecule has 1 aliphatic heterocycles. The van der Waals surface area contributed by atoms with E-state index < -0.39 is 5.82 Å². The van der Waals surface area contributed by atoms with Gasteiger partial charge in [-0.05, 0) is 57.9 Å². The number of nitrogens with zero attached hydrogens (tertiary/aromatic N) is 3. The third-order valence-electron chi connectivity index (χ3n) is 6.30. The normalized spacial score (nSPS) is 13.8. The lowest BCUT2D eigenvalue weighted by molar-refractivity contribution is -0.115. The van der Waals surface area contributed by atoms with Crippen LogP contribution in [0.5, 0.6) is 0 Å². The van der Waals surface area contributed by atoms with Gasteiger partial charge in [0.25, 0.3) is 0 Å². The number of morpholine rings is 1. The summed E-state index contributed by atoms with van der Waals surface area (Å²) in [6, 6.07) is 19.1. The van der Waals surface area contributed by atoms with Crippen LogP contribution >= 0.6 is 27.3 Å². The second-order valence-corrected chi connectivity index (χ2v) is 10.9. The first kappa shape index (κ1) is 27.2. The van der Waals surface area contributed by atoms with Crippen LogP contribution in [-0.2, 0) is 16.0 Å². The molecule has 3 amide bonds. The highest BCUT2D eigenvalue weighted by Gasteiger charge is 2.20. The zero-order valence-electron chi connectivity index (χ0n) is 21.0. The second kappa shape index (κ2) is 12.6. The molecule has 0 atom stereocenters. The fraction of sp³-hybridized carbons (Fsp3) is 0.250. The van der Waals surface area contributed by atoms with Crippen LogP contribution in [-0.4, -0.2) is 61.2 Å². The number of rotatable bonds is 8. The quantitative estimate of drug-likeness (QED) is 0.265. The number of ether oxygens (including phenoxy) is 1. The van der Waals surface area contributed by atoms with Crippen LogP contribution in [0.1, 0.15) is 5.56 Å². The third kappa shape index (κ3) is 7.18. The van der Waals surface area contributed by atoms with Gasteiger partial charge in [0.2, 0.25) is 5.91 Å². The average molecular weight is 613 g/mol. The molecule has 8 nitrogen and oxygen atoms in total. The summed E-state index contributed by atoms with van der Waals surface area (Å²) in [7, 11) is 0. The van der Waals surface area contributed by atoms with Crippen molar-refractivity contribution < 1.29 is 18.7 Å². The molecule has 3 aromatic carbocycles. The van der Waals surface area contributed by atoms with Gasteiger partial charge >= 0.3 is 6.03 Å². The number of thiazole rings is 1. The third-order valence-corrected chi connectivity index (χ3v) is 7.84. The molecule has 4 aromatic rings. The van der Waals surface area contributed by atoms with E-state index in [9.17, 15) is 14.0 Å². The van der Waals surface area contributed by atoms with Crippen LogP contribution in [0.15, 0.2) is 71.2 Å². The number of fused-ring (bicyclic) bond motifs is 1. The van der Waals surface area contributed by atoms with Gasteiger partial charge in [-0.25, -0.2) is 14.2 Å². The maximum atomic E-state index is 13.7. The van der Waals surface area contributed by atoms with Crippen molar-refractivity contribution in [3.05, 3.63) is 82.6 Å². The Morgan fingerprint density at radius 1 is 1.05 bits per heavy atom. The van der Waals surface area contributed by atoms with Gasteiger partial charge in [0.15, 0.2) is 5.13 Å². The number of nitrogens with one attached hydrogen (secondary N) is 2. The molecule has 0 aliphatic carbocycles. The summed E-state index contributed by atoms with van der Waals surface area (Å²) in [5.74, 6) is -0.545. The van der Waals surface area contributed by atoms with Crippen LogP contribution in [0.25, 0.3) is 10.2 Å². The van der Waals surface area contributed by atoms with Gasteiger partial charge in [-0.3, -0.25) is 14.6 Å². The van der Waals surface area contributed by atoms with Crippen molar-refractivity contribution in [3.63, 3.8) is 0 Å². The van der Waals surface area contributed by atoms with E-state index in [4.69, 9.17) is 4.74 Å². The number of urea groups is 1. The first-order chi connectivity index (χ1) is 18.9. The Balaban J connectivity index is 1.34. The summed E-state index contributed by atoms with van der Waals surface area (Å²) in [6.07, 6.45) is 0.261. The van der Waals surface area contributed by atoms with Gasteiger partial charge in [0.05, 0.1) is 34.3 Å². The minimum absolute atomic E-state index is 0.141. The molecule has 0 radical (unpaired) electrons. The molecule has 2 N–H and O–H groups in total. The van der Waals surface area contributed by atoms with Crippen molar-refractivity contribution in [2.45, 2.75) is 6.42 Å². The van der Waals surface area contributed by atoms with Crippen molar-refractivity contribution in [1.82, 2.24) is 9.88 Å². The predicted molar refractivity (Wildman–Crippen MR) is 156 cm³/mol. The molecule has 0 spiro atoms. The number of amides is 3. The maximum absolute atomic E-state index is 13.7. The lowest BCUT2D eigenvalue weighted by Crippen LogP contribution is -2.44. The Hall–Kier alpha value is -3.38. The van der Waals surface area contributed by atoms with E-state index in [1.807, 2.05) is 48.5 Å². The lowest BCUT2D eigenvalue weighted by Gasteiger charge is -2.30. The zero-order valence-corrected chi connectivity index (χ0v) is 23.4. The smallest absolute Gasteiger partial charge is 0.326 e. The molecule has 202 valence electrons. The number of hydrogen-bond acceptors (Lipinski definition) is 6. The Morgan fingerprint density at radius 2 is 1.85 bits per heavy atom. The molecule has 1 aliphatic rings. The number of benzene rings is 3. The summed E-state index contributed by atoms with van der Waals surface area (Å²) < 4.78 is 20.3. The van der Waals surface area contributed by atoms with E-state index in [0.717, 1.165) is 28.9 Å². The molecule has 1 saturated heterocycles. The molecule has 0 bridgehead atoms. The largest absolute Gasteiger partial charge is 0.379 e. The van der Waals surface area contributed by atoms with Crippen LogP contribution in [0, 0.1) is 5.82 Å². The van der Waals surface area contributed by atoms with Crippen molar-refractivity contribution in [1.29, 1.82) is 0 Å². The van der Waals surface area contributed by atoms with Crippen LogP contribution in [0.4, 0.5) is 25.7 Å². The Morgan fingerprint density at radius 3 is 2.62 bits per heavy atom. The van der Waals surface area contributed by atoms with Gasteiger partial charge in [0.1, 0.15) is 5.82 Å². The second-order valence-electron chi connectivity index (χ2n) is 9.05. The first-order valence-corrected chi connectivity index (χ1v) is 14.1. The number of aromatic nitrogens is 1. The van der Waals surface area contributed by atoms with Gasteiger partial charge in [0, 0.05) is 37.6 Å². The topological polar surface area (TPSA) is 86.8 Å². The summed E-state index contributed by atoms with van der Waals surface area (Å²) >= 11 is 4.53. The van der Waals surface area contributed by atoms with Gasteiger partial charge in [-0.2, -0.15) is 0 Å². The van der Waals surface area contributed by atoms with Crippen LogP contribution in [0.3, 0.4) is 0 Å². The minimum atomic E-state index is -0.403. The van der Waals surface area contributed by atoms with Crippen molar-refractivity contribution in [3.8, 4) is 0 Å². The average Bonchev–Trinajstić information content (AvgIpc) is 3.33. The monoisotopic (exact) mass is 611 g/mol. The van der Waals surface area contributed by atoms with Crippen LogP contribution in [0.2, 0.25) is 0 Å². The first-order valence-electron chi connectivity index (χ1n) is 12.5. The molecular weight excluding hydrogens is 585 g/mol. The molecular formula is C28H27BrFN5O3S. The Labute approximate surface area is 237 Å². The van der Waals surface area contributed by atoms with Crippen LogP contribution < -0.4 is 15.5 Å². The number of hydrogen-bond donors (Lipinski definition) is 2. The van der Waals surface area contributed by atoms with E-state index in [2.05, 4.69) is 36.4 Å². The molecule has 0 unspecified atom stereocenters. The van der Waals surface area contributed by atoms with Crippen molar-refractivity contribution in [2.75, 3.05) is 54.9 Å². The Bertz CT molecular complexity index is 1460. The zero-order chi connectivity index (χ0) is 27.2. The fourth-order valence-corrected chi connectivity index (χ4v) is 5.55. The highest BCUT2D eigenvalue weighted by Crippen LogP contribution is 2.30. The number of anilines is 3. The standard InChI is InChI=1S/C28H27BrFN5O3S/c29-22-17-20(6-8-23(22)30)31-28(37)35(11-10-34-12-14-38-15-13-34)21-7-9-24-25(18-21)39-27(32-24)33-26(36)16-19-4-2-1-3-5-19/h1-9,17-18H,10-16H2,(H,31,37)(H,32,33,36). The molecule has 5 rings (SSSR count). The van der Waals surface area contributed by atoms with E-state index in [-0.39, 0.29) is 22.8 Å². The molecule has 0 saturated carbocycles.